The van der Waals surface area contributed by atoms with E-state index in [1.54, 1.807) is 17.6 Å². The molecule has 1 aromatic carbocycles. The standard InChI is InChI=1S/C16H20N4OS/c1-10-5-11(2)16(12(3)6-10)17-8-15(21)20-18-7-14-9-22-13(4)19-14/h5-7,9,17H,8H2,1-4H3,(H,20,21)/b18-7-. The van der Waals surface area contributed by atoms with Crippen molar-refractivity contribution in [1.82, 2.24) is 10.4 Å². The lowest BCUT2D eigenvalue weighted by Gasteiger charge is -2.13. The number of carbonyl (C=O) groups is 1. The summed E-state index contributed by atoms with van der Waals surface area (Å²) in [6.45, 7) is 8.23. The fourth-order valence-electron chi connectivity index (χ4n) is 2.28. The smallest absolute Gasteiger partial charge is 0.259 e. The molecule has 0 radical (unpaired) electrons. The zero-order valence-electron chi connectivity index (χ0n) is 13.2. The van der Waals surface area contributed by atoms with Crippen LogP contribution in [0.4, 0.5) is 5.69 Å². The van der Waals surface area contributed by atoms with Crippen LogP contribution in [0.5, 0.6) is 0 Å². The molecule has 1 heterocycles. The van der Waals surface area contributed by atoms with Gasteiger partial charge in [-0.05, 0) is 38.8 Å². The van der Waals surface area contributed by atoms with Gasteiger partial charge < -0.3 is 5.32 Å². The van der Waals surface area contributed by atoms with Crippen LogP contribution >= 0.6 is 11.3 Å². The van der Waals surface area contributed by atoms with Crippen LogP contribution in [0.1, 0.15) is 27.4 Å². The van der Waals surface area contributed by atoms with E-state index in [9.17, 15) is 4.79 Å². The highest BCUT2D eigenvalue weighted by Crippen LogP contribution is 2.21. The molecule has 2 rings (SSSR count). The van der Waals surface area contributed by atoms with Gasteiger partial charge in [0.05, 0.1) is 23.5 Å². The third-order valence-electron chi connectivity index (χ3n) is 3.13. The minimum Gasteiger partial charge on any atom is -0.376 e. The van der Waals surface area contributed by atoms with Crippen molar-refractivity contribution in [3.8, 4) is 0 Å². The number of carbonyl (C=O) groups excluding carboxylic acids is 1. The number of hydrogen-bond donors (Lipinski definition) is 2. The van der Waals surface area contributed by atoms with Gasteiger partial charge in [-0.15, -0.1) is 11.3 Å². The summed E-state index contributed by atoms with van der Waals surface area (Å²) in [6, 6.07) is 4.19. The number of benzene rings is 1. The van der Waals surface area contributed by atoms with Gasteiger partial charge >= 0.3 is 0 Å². The number of nitrogens with zero attached hydrogens (tertiary/aromatic N) is 2. The first kappa shape index (κ1) is 16.2. The largest absolute Gasteiger partial charge is 0.376 e. The molecule has 5 nitrogen and oxygen atoms in total. The highest BCUT2D eigenvalue weighted by molar-refractivity contribution is 7.09. The van der Waals surface area contributed by atoms with Crippen molar-refractivity contribution in [3.05, 3.63) is 44.9 Å². The van der Waals surface area contributed by atoms with E-state index in [4.69, 9.17) is 0 Å². The van der Waals surface area contributed by atoms with Crippen molar-refractivity contribution >= 4 is 29.1 Å². The van der Waals surface area contributed by atoms with Gasteiger partial charge in [-0.2, -0.15) is 5.10 Å². The molecule has 6 heteroatoms. The summed E-state index contributed by atoms with van der Waals surface area (Å²) in [5.41, 5.74) is 7.72. The first-order chi connectivity index (χ1) is 10.5. The molecule has 0 aliphatic rings. The molecule has 1 amide bonds. The molecular formula is C16H20N4OS. The topological polar surface area (TPSA) is 66.4 Å². The van der Waals surface area contributed by atoms with E-state index < -0.39 is 0 Å². The highest BCUT2D eigenvalue weighted by Gasteiger charge is 2.05. The Labute approximate surface area is 134 Å². The predicted molar refractivity (Wildman–Crippen MR) is 91.7 cm³/mol. The number of aromatic nitrogens is 1. The van der Waals surface area contributed by atoms with Crippen molar-refractivity contribution in [1.29, 1.82) is 0 Å². The third kappa shape index (κ3) is 4.39. The molecule has 0 saturated carbocycles. The molecular weight excluding hydrogens is 296 g/mol. The summed E-state index contributed by atoms with van der Waals surface area (Å²) in [5.74, 6) is -0.192. The normalized spacial score (nSPS) is 10.9. The van der Waals surface area contributed by atoms with Crippen LogP contribution in [0.25, 0.3) is 0 Å². The van der Waals surface area contributed by atoms with E-state index in [1.165, 1.54) is 5.56 Å². The van der Waals surface area contributed by atoms with Gasteiger partial charge in [0.15, 0.2) is 0 Å². The van der Waals surface area contributed by atoms with Crippen LogP contribution in [0.15, 0.2) is 22.6 Å². The molecule has 1 aromatic heterocycles. The SMILES string of the molecule is Cc1cc(C)c(NCC(=O)N/N=C\c2csc(C)n2)c(C)c1. The summed E-state index contributed by atoms with van der Waals surface area (Å²) in [7, 11) is 0. The number of hydrogen-bond acceptors (Lipinski definition) is 5. The first-order valence-electron chi connectivity index (χ1n) is 7.01. The van der Waals surface area contributed by atoms with Gasteiger partial charge in [-0.3, -0.25) is 4.79 Å². The van der Waals surface area contributed by atoms with Gasteiger partial charge in [-0.25, -0.2) is 10.4 Å². The average molecular weight is 316 g/mol. The molecule has 0 fully saturated rings. The Morgan fingerprint density at radius 2 is 1.95 bits per heavy atom. The summed E-state index contributed by atoms with van der Waals surface area (Å²) in [5, 5.41) is 9.93. The predicted octanol–water partition coefficient (Wildman–Crippen LogP) is 2.94. The van der Waals surface area contributed by atoms with Crippen LogP contribution in [-0.4, -0.2) is 23.7 Å². The lowest BCUT2D eigenvalue weighted by atomic mass is 10.1. The molecule has 22 heavy (non-hydrogen) atoms. The van der Waals surface area contributed by atoms with E-state index in [2.05, 4.69) is 39.9 Å². The van der Waals surface area contributed by atoms with E-state index in [1.807, 2.05) is 26.2 Å². The molecule has 0 spiro atoms. The maximum atomic E-state index is 11.8. The number of hydrazone groups is 1. The first-order valence-corrected chi connectivity index (χ1v) is 7.89. The van der Waals surface area contributed by atoms with Gasteiger partial charge in [0.2, 0.25) is 0 Å². The van der Waals surface area contributed by atoms with Crippen molar-refractivity contribution in [3.63, 3.8) is 0 Å². The Balaban J connectivity index is 1.87. The van der Waals surface area contributed by atoms with E-state index in [0.29, 0.717) is 0 Å². The van der Waals surface area contributed by atoms with Crippen LogP contribution in [0, 0.1) is 27.7 Å². The second kappa shape index (κ2) is 7.17. The number of anilines is 1. The second-order valence-electron chi connectivity index (χ2n) is 5.21. The summed E-state index contributed by atoms with van der Waals surface area (Å²) in [4.78, 5) is 16.0. The number of aryl methyl sites for hydroxylation is 4. The zero-order valence-corrected chi connectivity index (χ0v) is 14.0. The summed E-state index contributed by atoms with van der Waals surface area (Å²) < 4.78 is 0. The van der Waals surface area contributed by atoms with Crippen LogP contribution < -0.4 is 10.7 Å². The fraction of sp³-hybridized carbons (Fsp3) is 0.312. The number of nitrogens with one attached hydrogen (secondary N) is 2. The Hall–Kier alpha value is -2.21. The maximum Gasteiger partial charge on any atom is 0.259 e. The van der Waals surface area contributed by atoms with E-state index in [-0.39, 0.29) is 12.5 Å². The zero-order chi connectivity index (χ0) is 16.1. The molecule has 0 aliphatic heterocycles. The minimum atomic E-state index is -0.192. The quantitative estimate of drug-likeness (QED) is 0.658. The molecule has 0 aliphatic carbocycles. The van der Waals surface area contributed by atoms with Crippen molar-refractivity contribution in [2.75, 3.05) is 11.9 Å². The van der Waals surface area contributed by atoms with E-state index in [0.717, 1.165) is 27.5 Å². The number of rotatable bonds is 5. The Kier molecular flexibility index (Phi) is 5.27. The lowest BCUT2D eigenvalue weighted by molar-refractivity contribution is -0.119. The average Bonchev–Trinajstić information content (AvgIpc) is 2.83. The van der Waals surface area contributed by atoms with Crippen LogP contribution in [0.3, 0.4) is 0 Å². The maximum absolute atomic E-state index is 11.8. The van der Waals surface area contributed by atoms with E-state index >= 15 is 0 Å². The summed E-state index contributed by atoms with van der Waals surface area (Å²) in [6.07, 6.45) is 1.55. The monoisotopic (exact) mass is 316 g/mol. The fourth-order valence-corrected chi connectivity index (χ4v) is 2.84. The minimum absolute atomic E-state index is 0.179. The molecule has 0 unspecified atom stereocenters. The van der Waals surface area contributed by atoms with Gasteiger partial charge in [-0.1, -0.05) is 17.7 Å². The van der Waals surface area contributed by atoms with Crippen LogP contribution in [-0.2, 0) is 4.79 Å². The third-order valence-corrected chi connectivity index (χ3v) is 3.92. The number of amides is 1. The van der Waals surface area contributed by atoms with Gasteiger partial charge in [0.25, 0.3) is 5.91 Å². The summed E-state index contributed by atoms with van der Waals surface area (Å²) >= 11 is 1.55. The van der Waals surface area contributed by atoms with Gasteiger partial charge in [0.1, 0.15) is 0 Å². The molecule has 2 aromatic rings. The Morgan fingerprint density at radius 3 is 2.55 bits per heavy atom. The molecule has 0 atom stereocenters. The van der Waals surface area contributed by atoms with Crippen molar-refractivity contribution in [2.45, 2.75) is 27.7 Å². The Morgan fingerprint density at radius 1 is 1.27 bits per heavy atom. The molecule has 2 N–H and O–H groups in total. The second-order valence-corrected chi connectivity index (χ2v) is 6.27. The molecule has 116 valence electrons. The van der Waals surface area contributed by atoms with Gasteiger partial charge in [0, 0.05) is 11.1 Å². The molecule has 0 saturated heterocycles. The lowest BCUT2D eigenvalue weighted by Crippen LogP contribution is -2.26. The van der Waals surface area contributed by atoms with Crippen LogP contribution in [0.2, 0.25) is 0 Å². The number of thiazole rings is 1. The van der Waals surface area contributed by atoms with Crippen molar-refractivity contribution < 1.29 is 4.79 Å². The van der Waals surface area contributed by atoms with Crippen molar-refractivity contribution in [2.24, 2.45) is 5.10 Å². The molecule has 0 bridgehead atoms. The Bertz CT molecular complexity index is 683. The highest BCUT2D eigenvalue weighted by atomic mass is 32.1.